The van der Waals surface area contributed by atoms with E-state index in [0.717, 1.165) is 5.56 Å². The summed E-state index contributed by atoms with van der Waals surface area (Å²) in [5.41, 5.74) is 2.07. The predicted molar refractivity (Wildman–Crippen MR) is 115 cm³/mol. The number of rotatable bonds is 7. The molecule has 2 heterocycles. The first-order valence-corrected chi connectivity index (χ1v) is 9.78. The molecule has 1 amide bonds. The number of carbonyl (C=O) groups excluding carboxylic acids is 1. The van der Waals surface area contributed by atoms with E-state index >= 15 is 0 Å². The third kappa shape index (κ3) is 3.96. The molecule has 0 aliphatic rings. The molecular weight excluding hydrogens is 401 g/mol. The number of nitrogens with zero attached hydrogens (tertiary/aromatic N) is 2. The van der Waals surface area contributed by atoms with E-state index in [1.54, 1.807) is 43.0 Å². The van der Waals surface area contributed by atoms with Crippen LogP contribution in [0.2, 0.25) is 0 Å². The Balaban J connectivity index is 1.52. The maximum absolute atomic E-state index is 13.9. The maximum atomic E-state index is 13.9. The zero-order chi connectivity index (χ0) is 22.0. The van der Waals surface area contributed by atoms with E-state index in [-0.39, 0.29) is 18.0 Å². The van der Waals surface area contributed by atoms with Gasteiger partial charge in [-0.25, -0.2) is 4.39 Å². The molecule has 0 saturated carbocycles. The minimum Gasteiger partial charge on any atom is -0.493 e. The van der Waals surface area contributed by atoms with Crippen molar-refractivity contribution in [3.63, 3.8) is 0 Å². The fraction of sp³-hybridized carbons (Fsp3) is 0.217. The minimum atomic E-state index is -0.471. The molecule has 4 aromatic rings. The highest BCUT2D eigenvalue weighted by atomic mass is 19.1. The van der Waals surface area contributed by atoms with Gasteiger partial charge in [-0.05, 0) is 54.4 Å². The number of hydrogen-bond donors (Lipinski definition) is 1. The van der Waals surface area contributed by atoms with Gasteiger partial charge in [-0.15, -0.1) is 0 Å². The van der Waals surface area contributed by atoms with Gasteiger partial charge in [0, 0.05) is 12.7 Å². The molecule has 31 heavy (non-hydrogen) atoms. The summed E-state index contributed by atoms with van der Waals surface area (Å²) in [7, 11) is 3.14. The molecule has 0 aliphatic heterocycles. The van der Waals surface area contributed by atoms with Gasteiger partial charge in [0.25, 0.3) is 5.56 Å². The molecular formula is C23H22FN3O4. The largest absolute Gasteiger partial charge is 0.493 e. The Morgan fingerprint density at radius 1 is 1.00 bits per heavy atom. The molecule has 4 rings (SSSR count). The van der Waals surface area contributed by atoms with Crippen molar-refractivity contribution >= 4 is 22.5 Å². The zero-order valence-electron chi connectivity index (χ0n) is 17.2. The molecule has 8 heteroatoms. The van der Waals surface area contributed by atoms with E-state index in [9.17, 15) is 14.0 Å². The molecule has 0 saturated heterocycles. The van der Waals surface area contributed by atoms with Crippen LogP contribution < -0.4 is 20.3 Å². The molecule has 0 unspecified atom stereocenters. The number of halogens is 1. The molecule has 0 aliphatic carbocycles. The summed E-state index contributed by atoms with van der Waals surface area (Å²) in [5, 5.41) is 2.82. The number of aromatic nitrogens is 2. The molecule has 7 nitrogen and oxygen atoms in total. The van der Waals surface area contributed by atoms with E-state index in [0.29, 0.717) is 41.0 Å². The third-order valence-corrected chi connectivity index (χ3v) is 5.19. The standard InChI is InChI=1S/C23H22FN3O4/c1-30-20-8-5-15(12-21(20)31-2)9-10-25-22(28)14-27-19-13-16(24)6-7-17(19)26-11-3-4-18(26)23(27)29/h3-8,11-13H,9-10,14H2,1-2H3,(H,25,28). The summed E-state index contributed by atoms with van der Waals surface area (Å²) >= 11 is 0. The van der Waals surface area contributed by atoms with Crippen LogP contribution in [-0.2, 0) is 17.8 Å². The van der Waals surface area contributed by atoms with Gasteiger partial charge in [0.1, 0.15) is 17.9 Å². The van der Waals surface area contributed by atoms with Gasteiger partial charge >= 0.3 is 0 Å². The van der Waals surface area contributed by atoms with E-state index < -0.39 is 5.82 Å². The van der Waals surface area contributed by atoms with E-state index in [1.807, 2.05) is 18.2 Å². The Labute approximate surface area is 177 Å². The Hall–Kier alpha value is -3.81. The average molecular weight is 423 g/mol. The third-order valence-electron chi connectivity index (χ3n) is 5.19. The van der Waals surface area contributed by atoms with E-state index in [4.69, 9.17) is 9.47 Å². The van der Waals surface area contributed by atoms with Crippen LogP contribution in [0.3, 0.4) is 0 Å². The summed E-state index contributed by atoms with van der Waals surface area (Å²) in [6.07, 6.45) is 2.32. The second-order valence-corrected chi connectivity index (χ2v) is 7.08. The lowest BCUT2D eigenvalue weighted by Gasteiger charge is -2.13. The highest BCUT2D eigenvalue weighted by molar-refractivity contribution is 5.82. The molecule has 1 N–H and O–H groups in total. The van der Waals surface area contributed by atoms with Crippen LogP contribution >= 0.6 is 0 Å². The number of ether oxygens (including phenoxy) is 2. The van der Waals surface area contributed by atoms with Crippen molar-refractivity contribution in [1.29, 1.82) is 0 Å². The van der Waals surface area contributed by atoms with Crippen LogP contribution in [-0.4, -0.2) is 35.6 Å². The number of benzene rings is 2. The van der Waals surface area contributed by atoms with Gasteiger partial charge in [0.15, 0.2) is 11.5 Å². The monoisotopic (exact) mass is 423 g/mol. The topological polar surface area (TPSA) is 74.0 Å². The lowest BCUT2D eigenvalue weighted by molar-refractivity contribution is -0.121. The van der Waals surface area contributed by atoms with Gasteiger partial charge in [-0.3, -0.25) is 14.2 Å². The summed E-state index contributed by atoms with van der Waals surface area (Å²) in [4.78, 5) is 25.5. The fourth-order valence-corrected chi connectivity index (χ4v) is 3.67. The van der Waals surface area contributed by atoms with Gasteiger partial charge in [-0.1, -0.05) is 6.07 Å². The average Bonchev–Trinajstić information content (AvgIpc) is 3.26. The normalized spacial score (nSPS) is 11.1. The summed E-state index contributed by atoms with van der Waals surface area (Å²) in [6.45, 7) is 0.176. The summed E-state index contributed by atoms with van der Waals surface area (Å²) in [5.74, 6) is 0.450. The minimum absolute atomic E-state index is 0.202. The van der Waals surface area contributed by atoms with Crippen molar-refractivity contribution in [3.05, 3.63) is 76.5 Å². The number of amides is 1. The van der Waals surface area contributed by atoms with Crippen LogP contribution in [0.15, 0.2) is 59.5 Å². The zero-order valence-corrected chi connectivity index (χ0v) is 17.2. The fourth-order valence-electron chi connectivity index (χ4n) is 3.67. The van der Waals surface area contributed by atoms with E-state index in [2.05, 4.69) is 5.32 Å². The first-order valence-electron chi connectivity index (χ1n) is 9.78. The van der Waals surface area contributed by atoms with Gasteiger partial charge in [0.05, 0.1) is 25.3 Å². The number of nitrogens with one attached hydrogen (secondary N) is 1. The highest BCUT2D eigenvalue weighted by Crippen LogP contribution is 2.27. The number of fused-ring (bicyclic) bond motifs is 3. The van der Waals surface area contributed by atoms with Gasteiger partial charge in [-0.2, -0.15) is 0 Å². The molecule has 0 fully saturated rings. The molecule has 160 valence electrons. The van der Waals surface area contributed by atoms with Gasteiger partial charge < -0.3 is 19.2 Å². The molecule has 0 radical (unpaired) electrons. The van der Waals surface area contributed by atoms with Crippen LogP contribution in [0.4, 0.5) is 4.39 Å². The van der Waals surface area contributed by atoms with Crippen LogP contribution in [0.1, 0.15) is 5.56 Å². The van der Waals surface area contributed by atoms with Crippen molar-refractivity contribution < 1.29 is 18.7 Å². The SMILES string of the molecule is COc1ccc(CCNC(=O)Cn2c(=O)c3cccn3c3ccc(F)cc32)cc1OC. The van der Waals surface area contributed by atoms with Crippen LogP contribution in [0.25, 0.3) is 16.6 Å². The molecule has 0 bridgehead atoms. The van der Waals surface area contributed by atoms with Gasteiger partial charge in [0.2, 0.25) is 5.91 Å². The Morgan fingerprint density at radius 2 is 1.81 bits per heavy atom. The Bertz CT molecular complexity index is 1330. The second kappa shape index (κ2) is 8.51. The molecule has 0 spiro atoms. The number of methoxy groups -OCH3 is 2. The van der Waals surface area contributed by atoms with Crippen molar-refractivity contribution in [1.82, 2.24) is 14.3 Å². The summed E-state index contributed by atoms with van der Waals surface area (Å²) in [6, 6.07) is 13.2. The first-order chi connectivity index (χ1) is 15.0. The summed E-state index contributed by atoms with van der Waals surface area (Å²) < 4.78 is 27.4. The van der Waals surface area contributed by atoms with Crippen molar-refractivity contribution in [2.75, 3.05) is 20.8 Å². The Morgan fingerprint density at radius 3 is 2.58 bits per heavy atom. The smallest absolute Gasteiger partial charge is 0.275 e. The highest BCUT2D eigenvalue weighted by Gasteiger charge is 2.14. The number of hydrogen-bond acceptors (Lipinski definition) is 4. The quantitative estimate of drug-likeness (QED) is 0.496. The first kappa shape index (κ1) is 20.5. The molecule has 0 atom stereocenters. The van der Waals surface area contributed by atoms with E-state index in [1.165, 1.54) is 16.7 Å². The lowest BCUT2D eigenvalue weighted by atomic mass is 10.1. The van der Waals surface area contributed by atoms with Crippen LogP contribution in [0.5, 0.6) is 11.5 Å². The maximum Gasteiger partial charge on any atom is 0.275 e. The Kier molecular flexibility index (Phi) is 5.62. The number of carbonyl (C=O) groups is 1. The lowest BCUT2D eigenvalue weighted by Crippen LogP contribution is -2.34. The molecule has 2 aromatic heterocycles. The predicted octanol–water partition coefficient (Wildman–Crippen LogP) is 2.77. The van der Waals surface area contributed by atoms with Crippen molar-refractivity contribution in [2.45, 2.75) is 13.0 Å². The van der Waals surface area contributed by atoms with Crippen molar-refractivity contribution in [3.8, 4) is 11.5 Å². The van der Waals surface area contributed by atoms with Crippen molar-refractivity contribution in [2.24, 2.45) is 0 Å². The second-order valence-electron chi connectivity index (χ2n) is 7.08. The van der Waals surface area contributed by atoms with Crippen LogP contribution in [0, 0.1) is 5.82 Å². The molecule has 2 aromatic carbocycles.